The summed E-state index contributed by atoms with van der Waals surface area (Å²) in [6.45, 7) is 1.36. The number of rotatable bonds is 2. The first-order chi connectivity index (χ1) is 8.52. The van der Waals surface area contributed by atoms with Crippen molar-refractivity contribution >= 4 is 33.4 Å². The standard InChI is InChI=1S/C12H13BrF3NS/c13-8-9-1-2-11(10(7-9)12(14,15)16)17-3-5-18-6-4-17/h1-2,7H,3-6,8H2. The molecule has 2 rings (SSSR count). The van der Waals surface area contributed by atoms with Crippen LogP contribution in [0.25, 0.3) is 0 Å². The zero-order valence-corrected chi connectivity index (χ0v) is 12.0. The average Bonchev–Trinajstić information content (AvgIpc) is 2.38. The fourth-order valence-corrected chi connectivity index (χ4v) is 3.23. The zero-order chi connectivity index (χ0) is 13.2. The van der Waals surface area contributed by atoms with Crippen LogP contribution in [0.5, 0.6) is 0 Å². The fourth-order valence-electron chi connectivity index (χ4n) is 1.97. The number of alkyl halides is 4. The molecule has 1 aromatic carbocycles. The van der Waals surface area contributed by atoms with Crippen molar-refractivity contribution in [3.63, 3.8) is 0 Å². The lowest BCUT2D eigenvalue weighted by Gasteiger charge is -2.31. The van der Waals surface area contributed by atoms with Crippen molar-refractivity contribution in [3.05, 3.63) is 29.3 Å². The minimum absolute atomic E-state index is 0.313. The van der Waals surface area contributed by atoms with Crippen LogP contribution in [-0.4, -0.2) is 24.6 Å². The van der Waals surface area contributed by atoms with Crippen molar-refractivity contribution in [2.45, 2.75) is 11.5 Å². The SMILES string of the molecule is FC(F)(F)c1cc(CBr)ccc1N1CCSCC1. The summed E-state index contributed by atoms with van der Waals surface area (Å²) < 4.78 is 39.2. The molecule has 1 saturated heterocycles. The van der Waals surface area contributed by atoms with Gasteiger partial charge in [0.1, 0.15) is 0 Å². The Morgan fingerprint density at radius 3 is 2.44 bits per heavy atom. The summed E-state index contributed by atoms with van der Waals surface area (Å²) in [5.41, 5.74) is 0.441. The van der Waals surface area contributed by atoms with E-state index in [9.17, 15) is 13.2 Å². The number of halogens is 4. The predicted molar refractivity (Wildman–Crippen MR) is 73.6 cm³/mol. The average molecular weight is 340 g/mol. The van der Waals surface area contributed by atoms with E-state index in [0.717, 1.165) is 11.5 Å². The molecule has 1 aliphatic heterocycles. The smallest absolute Gasteiger partial charge is 0.369 e. The Balaban J connectivity index is 2.38. The van der Waals surface area contributed by atoms with Crippen molar-refractivity contribution in [3.8, 4) is 0 Å². The maximum absolute atomic E-state index is 13.1. The predicted octanol–water partition coefficient (Wildman–Crippen LogP) is 4.15. The molecule has 1 aromatic rings. The number of thioether (sulfide) groups is 1. The van der Waals surface area contributed by atoms with Crippen LogP contribution in [-0.2, 0) is 11.5 Å². The molecular formula is C12H13BrF3NS. The lowest BCUT2D eigenvalue weighted by molar-refractivity contribution is -0.137. The molecule has 1 fully saturated rings. The molecule has 6 heteroatoms. The Hall–Kier alpha value is -0.360. The first-order valence-corrected chi connectivity index (χ1v) is 7.89. The van der Waals surface area contributed by atoms with Gasteiger partial charge in [-0.25, -0.2) is 0 Å². The van der Waals surface area contributed by atoms with Crippen molar-refractivity contribution in [2.75, 3.05) is 29.5 Å². The molecule has 0 radical (unpaired) electrons. The summed E-state index contributed by atoms with van der Waals surface area (Å²) in [6.07, 6.45) is -4.29. The summed E-state index contributed by atoms with van der Waals surface area (Å²) in [4.78, 5) is 1.83. The summed E-state index contributed by atoms with van der Waals surface area (Å²) >= 11 is 4.98. The molecule has 100 valence electrons. The van der Waals surface area contributed by atoms with Crippen LogP contribution in [0, 0.1) is 0 Å². The number of hydrogen-bond donors (Lipinski definition) is 0. The largest absolute Gasteiger partial charge is 0.418 e. The lowest BCUT2D eigenvalue weighted by Crippen LogP contribution is -2.34. The first-order valence-electron chi connectivity index (χ1n) is 5.61. The summed E-state index contributed by atoms with van der Waals surface area (Å²) in [7, 11) is 0. The summed E-state index contributed by atoms with van der Waals surface area (Å²) in [5, 5.41) is 0.437. The van der Waals surface area contributed by atoms with Crippen molar-refractivity contribution in [2.24, 2.45) is 0 Å². The van der Waals surface area contributed by atoms with E-state index in [1.165, 1.54) is 6.07 Å². The van der Waals surface area contributed by atoms with E-state index < -0.39 is 11.7 Å². The first kappa shape index (κ1) is 14.1. The monoisotopic (exact) mass is 339 g/mol. The highest BCUT2D eigenvalue weighted by molar-refractivity contribution is 9.08. The van der Waals surface area contributed by atoms with Crippen LogP contribution < -0.4 is 4.90 Å². The van der Waals surface area contributed by atoms with Crippen LogP contribution >= 0.6 is 27.7 Å². The minimum atomic E-state index is -4.29. The zero-order valence-electron chi connectivity index (χ0n) is 9.63. The second-order valence-electron chi connectivity index (χ2n) is 4.08. The topological polar surface area (TPSA) is 3.24 Å². The molecule has 0 spiro atoms. The van der Waals surface area contributed by atoms with Gasteiger partial charge in [0.25, 0.3) is 0 Å². The van der Waals surface area contributed by atoms with Gasteiger partial charge in [0.05, 0.1) is 5.56 Å². The quantitative estimate of drug-likeness (QED) is 0.744. The molecule has 0 bridgehead atoms. The van der Waals surface area contributed by atoms with Gasteiger partial charge in [0.15, 0.2) is 0 Å². The van der Waals surface area contributed by atoms with Crippen LogP contribution in [0.2, 0.25) is 0 Å². The van der Waals surface area contributed by atoms with Gasteiger partial charge in [0, 0.05) is 35.6 Å². The number of hydrogen-bond acceptors (Lipinski definition) is 2. The van der Waals surface area contributed by atoms with Gasteiger partial charge in [-0.05, 0) is 17.7 Å². The minimum Gasteiger partial charge on any atom is -0.369 e. The van der Waals surface area contributed by atoms with Crippen molar-refractivity contribution in [1.29, 1.82) is 0 Å². The van der Waals surface area contributed by atoms with Crippen molar-refractivity contribution in [1.82, 2.24) is 0 Å². The fraction of sp³-hybridized carbons (Fsp3) is 0.500. The third-order valence-corrected chi connectivity index (χ3v) is 4.46. The Labute approximate surface area is 117 Å². The summed E-state index contributed by atoms with van der Waals surface area (Å²) in [6, 6.07) is 4.59. The second kappa shape index (κ2) is 5.74. The molecule has 0 aliphatic carbocycles. The highest BCUT2D eigenvalue weighted by atomic mass is 79.9. The molecule has 18 heavy (non-hydrogen) atoms. The molecule has 1 aliphatic rings. The molecule has 1 heterocycles. The second-order valence-corrected chi connectivity index (χ2v) is 5.87. The highest BCUT2D eigenvalue weighted by Gasteiger charge is 2.35. The highest BCUT2D eigenvalue weighted by Crippen LogP contribution is 2.38. The molecule has 1 nitrogen and oxygen atoms in total. The Bertz CT molecular complexity index is 416. The van der Waals surface area contributed by atoms with E-state index in [1.807, 2.05) is 4.90 Å². The van der Waals surface area contributed by atoms with Gasteiger partial charge in [0.2, 0.25) is 0 Å². The van der Waals surface area contributed by atoms with E-state index in [0.29, 0.717) is 29.7 Å². The van der Waals surface area contributed by atoms with Crippen molar-refractivity contribution < 1.29 is 13.2 Å². The number of nitrogens with zero attached hydrogens (tertiary/aromatic N) is 1. The normalized spacial score (nSPS) is 17.0. The maximum atomic E-state index is 13.1. The van der Waals surface area contributed by atoms with E-state index in [2.05, 4.69) is 15.9 Å². The van der Waals surface area contributed by atoms with Gasteiger partial charge in [-0.15, -0.1) is 0 Å². The van der Waals surface area contributed by atoms with Crippen LogP contribution in [0.3, 0.4) is 0 Å². The molecule has 0 aromatic heterocycles. The Morgan fingerprint density at radius 1 is 1.22 bits per heavy atom. The van der Waals surface area contributed by atoms with E-state index in [-0.39, 0.29) is 0 Å². The molecule has 0 saturated carbocycles. The third kappa shape index (κ3) is 3.15. The maximum Gasteiger partial charge on any atom is 0.418 e. The van der Waals surface area contributed by atoms with Gasteiger partial charge in [-0.2, -0.15) is 24.9 Å². The van der Waals surface area contributed by atoms with E-state index >= 15 is 0 Å². The van der Waals surface area contributed by atoms with E-state index in [1.54, 1.807) is 23.9 Å². The van der Waals surface area contributed by atoms with E-state index in [4.69, 9.17) is 0 Å². The van der Waals surface area contributed by atoms with Gasteiger partial charge >= 0.3 is 6.18 Å². The van der Waals surface area contributed by atoms with Gasteiger partial charge in [-0.3, -0.25) is 0 Å². The number of anilines is 1. The Kier molecular flexibility index (Phi) is 4.48. The third-order valence-electron chi connectivity index (χ3n) is 2.87. The van der Waals surface area contributed by atoms with Crippen LogP contribution in [0.1, 0.15) is 11.1 Å². The molecule has 0 unspecified atom stereocenters. The van der Waals surface area contributed by atoms with Gasteiger partial charge in [-0.1, -0.05) is 22.0 Å². The molecular weight excluding hydrogens is 327 g/mol. The summed E-state index contributed by atoms with van der Waals surface area (Å²) in [5.74, 6) is 1.77. The number of benzene rings is 1. The van der Waals surface area contributed by atoms with Crippen LogP contribution in [0.15, 0.2) is 18.2 Å². The molecule has 0 atom stereocenters. The molecule has 0 amide bonds. The lowest BCUT2D eigenvalue weighted by atomic mass is 10.1. The van der Waals surface area contributed by atoms with Crippen LogP contribution in [0.4, 0.5) is 18.9 Å². The van der Waals surface area contributed by atoms with Gasteiger partial charge < -0.3 is 4.90 Å². The molecule has 0 N–H and O–H groups in total. The Morgan fingerprint density at radius 2 is 1.89 bits per heavy atom.